The second-order valence-corrected chi connectivity index (χ2v) is 6.42. The zero-order valence-corrected chi connectivity index (χ0v) is 12.6. The molecule has 1 aromatic heterocycles. The minimum atomic E-state index is 0.272. The Balaban J connectivity index is 2.43. The Morgan fingerprint density at radius 3 is 2.28 bits per heavy atom. The van der Waals surface area contributed by atoms with Crippen molar-refractivity contribution < 1.29 is 4.42 Å². The van der Waals surface area contributed by atoms with Crippen LogP contribution in [0.25, 0.3) is 0 Å². The summed E-state index contributed by atoms with van der Waals surface area (Å²) < 4.78 is 5.67. The molecule has 4 nitrogen and oxygen atoms in total. The van der Waals surface area contributed by atoms with Crippen LogP contribution in [0.3, 0.4) is 0 Å². The Labute approximate surface area is 111 Å². The Morgan fingerprint density at radius 2 is 1.72 bits per heavy atom. The van der Waals surface area contributed by atoms with Gasteiger partial charge in [-0.05, 0) is 11.3 Å². The second kappa shape index (κ2) is 6.32. The van der Waals surface area contributed by atoms with Gasteiger partial charge in [0.15, 0.2) is 0 Å². The van der Waals surface area contributed by atoms with Crippen molar-refractivity contribution in [3.8, 4) is 0 Å². The van der Waals surface area contributed by atoms with Crippen LogP contribution in [0.2, 0.25) is 0 Å². The molecule has 1 unspecified atom stereocenters. The third-order valence-corrected chi connectivity index (χ3v) is 3.36. The number of rotatable bonds is 6. The zero-order chi connectivity index (χ0) is 13.8. The first-order chi connectivity index (χ1) is 8.29. The van der Waals surface area contributed by atoms with Crippen LogP contribution in [-0.2, 0) is 12.8 Å². The van der Waals surface area contributed by atoms with E-state index in [1.807, 2.05) is 0 Å². The van der Waals surface area contributed by atoms with Crippen LogP contribution in [0.15, 0.2) is 4.42 Å². The quantitative estimate of drug-likeness (QED) is 0.847. The van der Waals surface area contributed by atoms with Crippen LogP contribution in [0.4, 0.5) is 0 Å². The van der Waals surface area contributed by atoms with Crippen LogP contribution < -0.4 is 5.32 Å². The molecule has 1 N–H and O–H groups in total. The Morgan fingerprint density at radius 1 is 1.11 bits per heavy atom. The molecular formula is C14H27N3O. The molecule has 0 amide bonds. The summed E-state index contributed by atoms with van der Waals surface area (Å²) in [7, 11) is 0. The first-order valence-corrected chi connectivity index (χ1v) is 6.83. The molecule has 0 fully saturated rings. The smallest absolute Gasteiger partial charge is 0.217 e. The van der Waals surface area contributed by atoms with E-state index in [0.717, 1.165) is 31.2 Å². The van der Waals surface area contributed by atoms with E-state index in [0.29, 0.717) is 12.0 Å². The summed E-state index contributed by atoms with van der Waals surface area (Å²) in [6.07, 6.45) is 1.66. The molecule has 0 aliphatic heterocycles. The minimum absolute atomic E-state index is 0.272. The maximum Gasteiger partial charge on any atom is 0.217 e. The van der Waals surface area contributed by atoms with Gasteiger partial charge in [0.25, 0.3) is 0 Å². The SMILES string of the molecule is CC(C)NCCc1nnc(CC(C)C(C)(C)C)o1. The molecule has 1 rings (SSSR count). The molecule has 104 valence electrons. The monoisotopic (exact) mass is 253 g/mol. The Hall–Kier alpha value is -0.900. The van der Waals surface area contributed by atoms with Crippen molar-refractivity contribution in [3.63, 3.8) is 0 Å². The van der Waals surface area contributed by atoms with Gasteiger partial charge in [0.1, 0.15) is 0 Å². The van der Waals surface area contributed by atoms with Crippen LogP contribution in [0, 0.1) is 11.3 Å². The fourth-order valence-corrected chi connectivity index (χ4v) is 1.51. The van der Waals surface area contributed by atoms with E-state index in [1.165, 1.54) is 0 Å². The van der Waals surface area contributed by atoms with E-state index in [9.17, 15) is 0 Å². The largest absolute Gasteiger partial charge is 0.425 e. The lowest BCUT2D eigenvalue weighted by molar-refractivity contribution is 0.243. The van der Waals surface area contributed by atoms with Crippen LogP contribution in [-0.4, -0.2) is 22.8 Å². The van der Waals surface area contributed by atoms with Crippen molar-refractivity contribution in [3.05, 3.63) is 11.8 Å². The van der Waals surface area contributed by atoms with Crippen LogP contribution in [0.1, 0.15) is 53.3 Å². The number of hydrogen-bond donors (Lipinski definition) is 1. The summed E-state index contributed by atoms with van der Waals surface area (Å²) in [5.41, 5.74) is 0.272. The predicted molar refractivity (Wildman–Crippen MR) is 73.5 cm³/mol. The molecule has 18 heavy (non-hydrogen) atoms. The van der Waals surface area contributed by atoms with E-state index >= 15 is 0 Å². The molecule has 1 heterocycles. The van der Waals surface area contributed by atoms with E-state index in [-0.39, 0.29) is 5.41 Å². The minimum Gasteiger partial charge on any atom is -0.425 e. The van der Waals surface area contributed by atoms with Gasteiger partial charge in [-0.25, -0.2) is 0 Å². The normalized spacial score (nSPS) is 14.2. The fraction of sp³-hybridized carbons (Fsp3) is 0.857. The van der Waals surface area contributed by atoms with Crippen molar-refractivity contribution in [2.24, 2.45) is 11.3 Å². The van der Waals surface area contributed by atoms with E-state index in [4.69, 9.17) is 4.42 Å². The summed E-state index contributed by atoms with van der Waals surface area (Å²) in [5, 5.41) is 11.6. The first kappa shape index (κ1) is 15.2. The average Bonchev–Trinajstić information content (AvgIpc) is 2.63. The second-order valence-electron chi connectivity index (χ2n) is 6.42. The molecule has 0 aliphatic rings. The first-order valence-electron chi connectivity index (χ1n) is 6.83. The van der Waals surface area contributed by atoms with E-state index in [2.05, 4.69) is 57.1 Å². The standard InChI is InChI=1S/C14H27N3O/c1-10(2)15-8-7-12-16-17-13(18-12)9-11(3)14(4,5)6/h10-11,15H,7-9H2,1-6H3. The average molecular weight is 253 g/mol. The summed E-state index contributed by atoms with van der Waals surface area (Å²) in [6.45, 7) is 14.1. The van der Waals surface area contributed by atoms with Crippen molar-refractivity contribution in [1.29, 1.82) is 0 Å². The van der Waals surface area contributed by atoms with Crippen molar-refractivity contribution in [2.75, 3.05) is 6.54 Å². The number of nitrogens with zero attached hydrogens (tertiary/aromatic N) is 2. The molecule has 4 heteroatoms. The molecule has 0 saturated heterocycles. The molecule has 0 aromatic carbocycles. The van der Waals surface area contributed by atoms with Gasteiger partial charge in [-0.1, -0.05) is 41.5 Å². The maximum absolute atomic E-state index is 5.67. The van der Waals surface area contributed by atoms with Crippen molar-refractivity contribution >= 4 is 0 Å². The zero-order valence-electron chi connectivity index (χ0n) is 12.6. The molecule has 0 aliphatic carbocycles. The molecule has 0 radical (unpaired) electrons. The van der Waals surface area contributed by atoms with Gasteiger partial charge in [0, 0.05) is 25.4 Å². The summed E-state index contributed by atoms with van der Waals surface area (Å²) in [4.78, 5) is 0. The lowest BCUT2D eigenvalue weighted by Crippen LogP contribution is -2.25. The number of hydrogen-bond acceptors (Lipinski definition) is 4. The maximum atomic E-state index is 5.67. The van der Waals surface area contributed by atoms with Crippen LogP contribution >= 0.6 is 0 Å². The predicted octanol–water partition coefficient (Wildman–Crippen LogP) is 2.83. The fourth-order valence-electron chi connectivity index (χ4n) is 1.51. The summed E-state index contributed by atoms with van der Waals surface area (Å²) in [5.74, 6) is 2.02. The third-order valence-electron chi connectivity index (χ3n) is 3.36. The van der Waals surface area contributed by atoms with Gasteiger partial charge in [0.05, 0.1) is 0 Å². The molecule has 0 bridgehead atoms. The van der Waals surface area contributed by atoms with Gasteiger partial charge in [-0.3, -0.25) is 0 Å². The Kier molecular flexibility index (Phi) is 5.32. The van der Waals surface area contributed by atoms with Gasteiger partial charge in [0.2, 0.25) is 11.8 Å². The highest BCUT2D eigenvalue weighted by Gasteiger charge is 2.22. The third kappa shape index (κ3) is 5.17. The molecule has 0 saturated carbocycles. The highest BCUT2D eigenvalue weighted by atomic mass is 16.4. The Bertz CT molecular complexity index is 352. The lowest BCUT2D eigenvalue weighted by atomic mass is 9.80. The van der Waals surface area contributed by atoms with Crippen molar-refractivity contribution in [1.82, 2.24) is 15.5 Å². The van der Waals surface area contributed by atoms with Gasteiger partial charge in [-0.2, -0.15) is 0 Å². The van der Waals surface area contributed by atoms with Gasteiger partial charge < -0.3 is 9.73 Å². The topological polar surface area (TPSA) is 51.0 Å². The van der Waals surface area contributed by atoms with Crippen molar-refractivity contribution in [2.45, 2.75) is 60.4 Å². The van der Waals surface area contributed by atoms with E-state index < -0.39 is 0 Å². The summed E-state index contributed by atoms with van der Waals surface area (Å²) in [6, 6.07) is 0.494. The molecule has 1 aromatic rings. The molecule has 0 spiro atoms. The lowest BCUT2D eigenvalue weighted by Gasteiger charge is -2.25. The highest BCUT2D eigenvalue weighted by Crippen LogP contribution is 2.27. The van der Waals surface area contributed by atoms with Gasteiger partial charge >= 0.3 is 0 Å². The van der Waals surface area contributed by atoms with Gasteiger partial charge in [-0.15, -0.1) is 10.2 Å². The molecule has 1 atom stereocenters. The number of nitrogens with one attached hydrogen (secondary N) is 1. The highest BCUT2D eigenvalue weighted by molar-refractivity contribution is 4.87. The molecular weight excluding hydrogens is 226 g/mol. The van der Waals surface area contributed by atoms with Crippen LogP contribution in [0.5, 0.6) is 0 Å². The van der Waals surface area contributed by atoms with E-state index in [1.54, 1.807) is 0 Å². The number of aromatic nitrogens is 2. The summed E-state index contributed by atoms with van der Waals surface area (Å²) >= 11 is 0.